The maximum atomic E-state index is 12.7. The summed E-state index contributed by atoms with van der Waals surface area (Å²) >= 11 is 0. The van der Waals surface area contributed by atoms with Gasteiger partial charge in [0.15, 0.2) is 0 Å². The van der Waals surface area contributed by atoms with Crippen molar-refractivity contribution in [3.05, 3.63) is 18.2 Å². The van der Waals surface area contributed by atoms with Gasteiger partial charge in [0.2, 0.25) is 17.7 Å². The average molecular weight is 391 g/mol. The van der Waals surface area contributed by atoms with Gasteiger partial charge in [-0.15, -0.1) is 0 Å². The van der Waals surface area contributed by atoms with E-state index in [9.17, 15) is 14.4 Å². The molecule has 1 fully saturated rings. The molecule has 0 saturated carbocycles. The summed E-state index contributed by atoms with van der Waals surface area (Å²) in [6, 6.07) is 4.56. The van der Waals surface area contributed by atoms with E-state index in [1.807, 2.05) is 13.8 Å². The molecule has 1 aliphatic rings. The van der Waals surface area contributed by atoms with Crippen LogP contribution < -0.4 is 25.0 Å². The van der Waals surface area contributed by atoms with Crippen molar-refractivity contribution in [2.45, 2.75) is 32.7 Å². The van der Waals surface area contributed by atoms with Crippen molar-refractivity contribution < 1.29 is 23.9 Å². The fraction of sp³-hybridized carbons (Fsp3) is 0.550. The first-order valence-electron chi connectivity index (χ1n) is 9.35. The lowest BCUT2D eigenvalue weighted by molar-refractivity contribution is -0.131. The molecule has 0 spiro atoms. The van der Waals surface area contributed by atoms with Crippen molar-refractivity contribution in [1.82, 2.24) is 10.6 Å². The summed E-state index contributed by atoms with van der Waals surface area (Å²) in [5.41, 5.74) is 0.562. The number of nitrogens with one attached hydrogen (secondary N) is 2. The second-order valence-electron chi connectivity index (χ2n) is 7.25. The van der Waals surface area contributed by atoms with Crippen molar-refractivity contribution in [3.8, 4) is 11.5 Å². The molecule has 1 aliphatic heterocycles. The van der Waals surface area contributed by atoms with Crippen LogP contribution in [0, 0.1) is 11.8 Å². The number of hydrogen-bond acceptors (Lipinski definition) is 5. The summed E-state index contributed by atoms with van der Waals surface area (Å²) in [6.45, 7) is 4.19. The monoisotopic (exact) mass is 391 g/mol. The van der Waals surface area contributed by atoms with Gasteiger partial charge in [-0.05, 0) is 24.5 Å². The van der Waals surface area contributed by atoms with Crippen LogP contribution in [0.15, 0.2) is 18.2 Å². The van der Waals surface area contributed by atoms with Crippen LogP contribution in [-0.4, -0.2) is 51.6 Å². The number of carbonyl (C=O) groups is 3. The molecule has 0 aromatic heterocycles. The minimum atomic E-state index is -0.618. The highest BCUT2D eigenvalue weighted by Crippen LogP contribution is 2.36. The van der Waals surface area contributed by atoms with Gasteiger partial charge in [-0.1, -0.05) is 13.8 Å². The van der Waals surface area contributed by atoms with Crippen LogP contribution in [-0.2, 0) is 14.4 Å². The molecule has 8 nitrogen and oxygen atoms in total. The molecule has 0 radical (unpaired) electrons. The number of anilines is 1. The number of carbonyl (C=O) groups excluding carboxylic acids is 3. The Morgan fingerprint density at radius 2 is 1.96 bits per heavy atom. The second kappa shape index (κ2) is 9.43. The Balaban J connectivity index is 2.15. The van der Waals surface area contributed by atoms with Gasteiger partial charge in [0.05, 0.1) is 25.8 Å². The average Bonchev–Trinajstić information content (AvgIpc) is 3.07. The van der Waals surface area contributed by atoms with Gasteiger partial charge >= 0.3 is 0 Å². The number of nitrogens with zero attached hydrogens (tertiary/aromatic N) is 1. The van der Waals surface area contributed by atoms with Crippen molar-refractivity contribution in [3.63, 3.8) is 0 Å². The Bertz CT molecular complexity index is 735. The largest absolute Gasteiger partial charge is 0.497 e. The van der Waals surface area contributed by atoms with Gasteiger partial charge in [0.1, 0.15) is 17.5 Å². The van der Waals surface area contributed by atoms with Crippen LogP contribution in [0.4, 0.5) is 5.69 Å². The lowest BCUT2D eigenvalue weighted by Crippen LogP contribution is -2.48. The molecule has 28 heavy (non-hydrogen) atoms. The number of hydrogen-bond donors (Lipinski definition) is 2. The zero-order chi connectivity index (χ0) is 20.8. The minimum Gasteiger partial charge on any atom is -0.497 e. The molecule has 2 rings (SSSR count). The molecule has 154 valence electrons. The lowest BCUT2D eigenvalue weighted by atomic mass is 10.0. The molecule has 1 heterocycles. The molecule has 1 aromatic rings. The first-order valence-corrected chi connectivity index (χ1v) is 9.35. The normalized spacial score (nSPS) is 17.4. The van der Waals surface area contributed by atoms with E-state index in [-0.39, 0.29) is 36.6 Å². The number of methoxy groups -OCH3 is 2. The summed E-state index contributed by atoms with van der Waals surface area (Å²) in [6.07, 6.45) is 0.605. The Morgan fingerprint density at radius 3 is 2.54 bits per heavy atom. The molecule has 3 amide bonds. The van der Waals surface area contributed by atoms with Gasteiger partial charge in [0.25, 0.3) is 0 Å². The first kappa shape index (κ1) is 21.5. The van der Waals surface area contributed by atoms with Gasteiger partial charge in [-0.25, -0.2) is 0 Å². The number of likely N-dealkylation sites (N-methyl/N-ethyl adjacent to an activating group) is 1. The van der Waals surface area contributed by atoms with Crippen LogP contribution in [0.1, 0.15) is 26.7 Å². The topological polar surface area (TPSA) is 97.0 Å². The summed E-state index contributed by atoms with van der Waals surface area (Å²) in [4.78, 5) is 38.9. The zero-order valence-corrected chi connectivity index (χ0v) is 17.1. The standard InChI is InChI=1S/C20H29N3O5/c1-12(2)8-15(20(26)21-3)22-19(25)13-9-18(24)23(11-13)16-10-14(27-4)6-7-17(16)28-5/h6-7,10,12-13,15H,8-9,11H2,1-5H3,(H,21,26)(H,22,25). The Morgan fingerprint density at radius 1 is 1.25 bits per heavy atom. The zero-order valence-electron chi connectivity index (χ0n) is 17.1. The van der Waals surface area contributed by atoms with E-state index in [1.165, 1.54) is 19.1 Å². The van der Waals surface area contributed by atoms with E-state index in [2.05, 4.69) is 10.6 Å². The molecular formula is C20H29N3O5. The van der Waals surface area contributed by atoms with E-state index in [0.717, 1.165) is 0 Å². The summed E-state index contributed by atoms with van der Waals surface area (Å²) in [5.74, 6) is 0.108. The Kier molecular flexibility index (Phi) is 7.25. The molecule has 1 aromatic carbocycles. The maximum absolute atomic E-state index is 12.7. The third kappa shape index (κ3) is 4.94. The van der Waals surface area contributed by atoms with Crippen LogP contribution in [0.2, 0.25) is 0 Å². The van der Waals surface area contributed by atoms with E-state index in [1.54, 1.807) is 25.3 Å². The predicted octanol–water partition coefficient (Wildman–Crippen LogP) is 1.33. The van der Waals surface area contributed by atoms with Crippen LogP contribution >= 0.6 is 0 Å². The van der Waals surface area contributed by atoms with E-state index in [0.29, 0.717) is 23.6 Å². The quantitative estimate of drug-likeness (QED) is 0.697. The van der Waals surface area contributed by atoms with Crippen molar-refractivity contribution in [2.75, 3.05) is 32.7 Å². The second-order valence-corrected chi connectivity index (χ2v) is 7.25. The summed E-state index contributed by atoms with van der Waals surface area (Å²) in [5, 5.41) is 5.37. The SMILES string of the molecule is CNC(=O)C(CC(C)C)NC(=O)C1CC(=O)N(c2cc(OC)ccc2OC)C1. The maximum Gasteiger partial charge on any atom is 0.242 e. The fourth-order valence-electron chi connectivity index (χ4n) is 3.29. The Labute approximate surface area is 165 Å². The molecule has 0 bridgehead atoms. The number of rotatable bonds is 8. The lowest BCUT2D eigenvalue weighted by Gasteiger charge is -2.22. The number of benzene rings is 1. The highest BCUT2D eigenvalue weighted by molar-refractivity contribution is 6.02. The van der Waals surface area contributed by atoms with Crippen LogP contribution in [0.3, 0.4) is 0 Å². The third-order valence-electron chi connectivity index (χ3n) is 4.76. The minimum absolute atomic E-state index is 0.0777. The third-order valence-corrected chi connectivity index (χ3v) is 4.76. The molecule has 1 saturated heterocycles. The smallest absolute Gasteiger partial charge is 0.242 e. The molecular weight excluding hydrogens is 362 g/mol. The van der Waals surface area contributed by atoms with Crippen LogP contribution in [0.25, 0.3) is 0 Å². The van der Waals surface area contributed by atoms with Crippen molar-refractivity contribution in [1.29, 1.82) is 0 Å². The van der Waals surface area contributed by atoms with Gasteiger partial charge in [-0.2, -0.15) is 0 Å². The van der Waals surface area contributed by atoms with Gasteiger partial charge in [-0.3, -0.25) is 14.4 Å². The van der Waals surface area contributed by atoms with Crippen molar-refractivity contribution in [2.24, 2.45) is 11.8 Å². The molecule has 2 atom stereocenters. The summed E-state index contributed by atoms with van der Waals surface area (Å²) < 4.78 is 10.6. The first-order chi connectivity index (χ1) is 13.3. The molecule has 0 aliphatic carbocycles. The highest BCUT2D eigenvalue weighted by atomic mass is 16.5. The van der Waals surface area contributed by atoms with Crippen LogP contribution in [0.5, 0.6) is 11.5 Å². The molecule has 8 heteroatoms. The van der Waals surface area contributed by atoms with E-state index in [4.69, 9.17) is 9.47 Å². The predicted molar refractivity (Wildman–Crippen MR) is 105 cm³/mol. The molecule has 2 N–H and O–H groups in total. The number of amides is 3. The van der Waals surface area contributed by atoms with Gasteiger partial charge < -0.3 is 25.0 Å². The van der Waals surface area contributed by atoms with E-state index >= 15 is 0 Å². The number of ether oxygens (including phenoxy) is 2. The molecule has 2 unspecified atom stereocenters. The highest BCUT2D eigenvalue weighted by Gasteiger charge is 2.37. The Hall–Kier alpha value is -2.77. The van der Waals surface area contributed by atoms with E-state index < -0.39 is 12.0 Å². The van der Waals surface area contributed by atoms with Crippen molar-refractivity contribution >= 4 is 23.4 Å². The summed E-state index contributed by atoms with van der Waals surface area (Å²) in [7, 11) is 4.61. The van der Waals surface area contributed by atoms with Gasteiger partial charge in [0, 0.05) is 26.1 Å². The fourth-order valence-corrected chi connectivity index (χ4v) is 3.29.